The van der Waals surface area contributed by atoms with E-state index in [1.54, 1.807) is 52.8 Å². The molecule has 3 saturated heterocycles. The van der Waals surface area contributed by atoms with E-state index in [-0.39, 0.29) is 37.4 Å². The Kier molecular flexibility index (Phi) is 14.7. The van der Waals surface area contributed by atoms with Gasteiger partial charge >= 0.3 is 12.1 Å². The van der Waals surface area contributed by atoms with Crippen LogP contribution in [0, 0.1) is 17.8 Å². The lowest BCUT2D eigenvalue weighted by molar-refractivity contribution is -0.297. The van der Waals surface area contributed by atoms with Gasteiger partial charge in [0.05, 0.1) is 30.5 Å². The zero-order valence-electron chi connectivity index (χ0n) is 34.0. The molecular formula is C42H62N2O11. The highest BCUT2D eigenvalue weighted by atomic mass is 16.7. The van der Waals surface area contributed by atoms with Crippen LogP contribution in [0.25, 0.3) is 6.08 Å². The van der Waals surface area contributed by atoms with Crippen molar-refractivity contribution in [3.63, 3.8) is 0 Å². The summed E-state index contributed by atoms with van der Waals surface area (Å²) < 4.78 is 31.2. The van der Waals surface area contributed by atoms with Gasteiger partial charge in [-0.2, -0.15) is 0 Å². The fraction of sp³-hybridized carbons (Fsp3) is 0.667. The summed E-state index contributed by atoms with van der Waals surface area (Å²) in [6.45, 7) is 13.8. The highest BCUT2D eigenvalue weighted by molar-refractivity contribution is 6.08. The van der Waals surface area contributed by atoms with Crippen molar-refractivity contribution in [3.05, 3.63) is 54.1 Å². The largest absolute Gasteiger partial charge is 0.456 e. The third-order valence-electron chi connectivity index (χ3n) is 11.6. The summed E-state index contributed by atoms with van der Waals surface area (Å²) in [7, 11) is 3.69. The van der Waals surface area contributed by atoms with Crippen molar-refractivity contribution in [2.45, 2.75) is 141 Å². The molecule has 1 aromatic carbocycles. The summed E-state index contributed by atoms with van der Waals surface area (Å²) in [5.41, 5.74) is -4.95. The SMILES string of the molecule is C/C=C/CO[C@@]1(C)C[C@@H](C)C(=O)[C@@H](C)C2NC(=O)OC2(C)[C@H](CC)OC(=O)C(O)(C/C=C/c2ccccc2)C(=O)[C@H](C)[C@H]1OC1O[C@H](C)C[C@H](N(C)C)[C@H]1O. The minimum Gasteiger partial charge on any atom is -0.456 e. The number of rotatable bonds is 10. The van der Waals surface area contributed by atoms with Crippen LogP contribution in [0.4, 0.5) is 4.79 Å². The lowest BCUT2D eigenvalue weighted by Crippen LogP contribution is -2.62. The summed E-state index contributed by atoms with van der Waals surface area (Å²) in [4.78, 5) is 58.6. The molecule has 3 aliphatic heterocycles. The fourth-order valence-corrected chi connectivity index (χ4v) is 8.51. The Hall–Kier alpha value is -3.46. The lowest BCUT2D eigenvalue weighted by Gasteiger charge is -2.47. The summed E-state index contributed by atoms with van der Waals surface area (Å²) in [6, 6.07) is 7.93. The Balaban J connectivity index is 1.92. The van der Waals surface area contributed by atoms with E-state index < -0.39 is 89.5 Å². The third kappa shape index (κ3) is 9.57. The summed E-state index contributed by atoms with van der Waals surface area (Å²) in [5, 5.41) is 26.8. The van der Waals surface area contributed by atoms with Crippen molar-refractivity contribution in [1.29, 1.82) is 0 Å². The second-order valence-electron chi connectivity index (χ2n) is 16.1. The van der Waals surface area contributed by atoms with Crippen molar-refractivity contribution in [1.82, 2.24) is 10.2 Å². The van der Waals surface area contributed by atoms with E-state index in [1.807, 2.05) is 63.2 Å². The Bertz CT molecular complexity index is 1570. The molecule has 0 radical (unpaired) electrons. The number of alkyl carbamates (subject to hydrolysis) is 1. The average Bonchev–Trinajstić information content (AvgIpc) is 3.46. The number of nitrogens with one attached hydrogen (secondary N) is 1. The molecule has 0 saturated carbocycles. The van der Waals surface area contributed by atoms with Crippen molar-refractivity contribution in [3.8, 4) is 0 Å². The minimum atomic E-state index is -2.76. The van der Waals surface area contributed by atoms with E-state index in [1.165, 1.54) is 13.0 Å². The zero-order valence-corrected chi connectivity index (χ0v) is 34.0. The zero-order chi connectivity index (χ0) is 40.9. The van der Waals surface area contributed by atoms with E-state index in [2.05, 4.69) is 5.32 Å². The normalized spacial score (nSPS) is 39.5. The second kappa shape index (κ2) is 18.2. The number of aliphatic hydroxyl groups excluding tert-OH is 1. The molecule has 3 aliphatic rings. The molecule has 3 heterocycles. The number of ether oxygens (including phenoxy) is 5. The maximum atomic E-state index is 15.0. The van der Waals surface area contributed by atoms with Gasteiger partial charge in [-0.1, -0.05) is 82.3 Å². The molecule has 13 heteroatoms. The lowest BCUT2D eigenvalue weighted by atomic mass is 9.72. The molecule has 4 unspecified atom stereocenters. The number of allylic oxidation sites excluding steroid dienone is 1. The molecule has 55 heavy (non-hydrogen) atoms. The molecule has 0 aromatic heterocycles. The number of hydrogen-bond acceptors (Lipinski definition) is 12. The van der Waals surface area contributed by atoms with Crippen LogP contribution in [-0.2, 0) is 38.1 Å². The topological polar surface area (TPSA) is 170 Å². The Morgan fingerprint density at radius 1 is 1.02 bits per heavy atom. The Labute approximate surface area is 325 Å². The number of cyclic esters (lactones) is 1. The molecule has 3 N–H and O–H groups in total. The molecule has 13 atom stereocenters. The van der Waals surface area contributed by atoms with Gasteiger partial charge in [0.15, 0.2) is 17.7 Å². The van der Waals surface area contributed by atoms with Gasteiger partial charge in [0.1, 0.15) is 18.0 Å². The number of aliphatic hydroxyl groups is 2. The van der Waals surface area contributed by atoms with Gasteiger partial charge in [-0.25, -0.2) is 9.59 Å². The van der Waals surface area contributed by atoms with Crippen LogP contribution < -0.4 is 5.32 Å². The van der Waals surface area contributed by atoms with Gasteiger partial charge in [-0.15, -0.1) is 0 Å². The van der Waals surface area contributed by atoms with Crippen molar-refractivity contribution in [2.75, 3.05) is 20.7 Å². The molecule has 0 bridgehead atoms. The number of nitrogens with zero attached hydrogens (tertiary/aromatic N) is 1. The van der Waals surface area contributed by atoms with E-state index in [4.69, 9.17) is 23.7 Å². The monoisotopic (exact) mass is 770 g/mol. The predicted molar refractivity (Wildman–Crippen MR) is 206 cm³/mol. The number of fused-ring (bicyclic) bond motifs is 1. The average molecular weight is 771 g/mol. The van der Waals surface area contributed by atoms with E-state index in [0.717, 1.165) is 5.56 Å². The van der Waals surface area contributed by atoms with E-state index >= 15 is 4.79 Å². The number of Topliss-reactive ketones (excluding diaryl/α,β-unsaturated/α-hetero) is 2. The summed E-state index contributed by atoms with van der Waals surface area (Å²) in [6.07, 6.45) is 1.08. The van der Waals surface area contributed by atoms with Crippen molar-refractivity contribution < 1.29 is 53.1 Å². The number of amides is 1. The number of carbonyl (C=O) groups is 4. The molecule has 0 aliphatic carbocycles. The van der Waals surface area contributed by atoms with E-state index in [9.17, 15) is 24.6 Å². The molecular weight excluding hydrogens is 708 g/mol. The number of esters is 1. The number of benzene rings is 1. The molecule has 1 amide bonds. The minimum absolute atomic E-state index is 0.0255. The highest BCUT2D eigenvalue weighted by Crippen LogP contribution is 2.41. The smallest absolute Gasteiger partial charge is 0.408 e. The van der Waals surface area contributed by atoms with Crippen molar-refractivity contribution in [2.24, 2.45) is 17.8 Å². The maximum Gasteiger partial charge on any atom is 0.408 e. The third-order valence-corrected chi connectivity index (χ3v) is 11.6. The Morgan fingerprint density at radius 3 is 2.31 bits per heavy atom. The number of likely N-dealkylation sites (N-methyl/N-ethyl adjacent to an activating group) is 1. The van der Waals surface area contributed by atoms with Crippen LogP contribution in [0.15, 0.2) is 48.6 Å². The van der Waals surface area contributed by atoms with Crippen LogP contribution in [0.2, 0.25) is 0 Å². The van der Waals surface area contributed by atoms with Crippen LogP contribution in [0.1, 0.15) is 86.6 Å². The standard InChI is InChI=1S/C42H62N2O11/c1-11-13-22-51-40(7)24-25(3)32(45)27(5)34-41(8,55-39(49)43-34)31(12-2)53-38(48)42(50,21-17-20-29-18-15-14-16-19-29)35(47)28(6)36(40)54-37-33(46)30(44(9)10)23-26(4)52-37/h11,13-20,25-28,30-31,33-34,36-37,46,50H,12,21-24H2,1-10H3,(H,43,49)/b13-11+,20-17+/t25-,26-,27-,28+,30+,31+,33-,34?,36-,37?,40+,41?,42?/m1/s1. The number of ketones is 2. The Morgan fingerprint density at radius 2 is 1.69 bits per heavy atom. The second-order valence-corrected chi connectivity index (χ2v) is 16.1. The van der Waals surface area contributed by atoms with Gasteiger partial charge in [0.2, 0.25) is 5.60 Å². The quantitative estimate of drug-likeness (QED) is 0.172. The predicted octanol–water partition coefficient (Wildman–Crippen LogP) is 4.62. The number of carbonyl (C=O) groups excluding carboxylic acids is 4. The van der Waals surface area contributed by atoms with Gasteiger partial charge in [0.25, 0.3) is 0 Å². The molecule has 4 rings (SSSR count). The molecule has 0 spiro atoms. The van der Waals surface area contributed by atoms with Gasteiger partial charge in [0, 0.05) is 30.2 Å². The molecule has 306 valence electrons. The maximum absolute atomic E-state index is 15.0. The first-order valence-corrected chi connectivity index (χ1v) is 19.5. The molecule has 13 nitrogen and oxygen atoms in total. The van der Waals surface area contributed by atoms with Crippen molar-refractivity contribution >= 4 is 29.7 Å². The van der Waals surface area contributed by atoms with Crippen LogP contribution in [0.3, 0.4) is 0 Å². The fourth-order valence-electron chi connectivity index (χ4n) is 8.51. The summed E-state index contributed by atoms with van der Waals surface area (Å²) >= 11 is 0. The number of hydrogen-bond donors (Lipinski definition) is 3. The first-order valence-electron chi connectivity index (χ1n) is 19.5. The van der Waals surface area contributed by atoms with Gasteiger partial charge < -0.3 is 44.1 Å². The first-order chi connectivity index (χ1) is 25.8. The first kappa shape index (κ1) is 44.3. The molecule has 1 aromatic rings. The van der Waals surface area contributed by atoms with Gasteiger partial charge in [-0.05, 0) is 66.6 Å². The molecule has 3 fully saturated rings. The van der Waals surface area contributed by atoms with Crippen LogP contribution >= 0.6 is 0 Å². The van der Waals surface area contributed by atoms with Gasteiger partial charge in [-0.3, -0.25) is 9.59 Å². The highest BCUT2D eigenvalue weighted by Gasteiger charge is 2.59. The van der Waals surface area contributed by atoms with Crippen LogP contribution in [-0.4, -0.2) is 119 Å². The van der Waals surface area contributed by atoms with E-state index in [0.29, 0.717) is 6.42 Å². The summed E-state index contributed by atoms with van der Waals surface area (Å²) in [5.74, 6) is -5.22. The van der Waals surface area contributed by atoms with Crippen LogP contribution in [0.5, 0.6) is 0 Å².